The zero-order chi connectivity index (χ0) is 14.5. The van der Waals surface area contributed by atoms with Crippen LogP contribution in [0.5, 0.6) is 0 Å². The summed E-state index contributed by atoms with van der Waals surface area (Å²) in [4.78, 5) is 6.33. The summed E-state index contributed by atoms with van der Waals surface area (Å²) in [5, 5.41) is 0. The van der Waals surface area contributed by atoms with Gasteiger partial charge < -0.3 is 4.90 Å². The second kappa shape index (κ2) is 7.83. The molecule has 0 aliphatic carbocycles. The summed E-state index contributed by atoms with van der Waals surface area (Å²) in [6.45, 7) is -0.574. The molecular formula is C18H14FIrN2-. The van der Waals surface area contributed by atoms with Gasteiger partial charge in [0.05, 0.1) is 5.69 Å². The van der Waals surface area contributed by atoms with Crippen molar-refractivity contribution in [3.8, 4) is 0 Å². The van der Waals surface area contributed by atoms with E-state index in [9.17, 15) is 4.39 Å². The Hall–Kier alpha value is -2.03. The summed E-state index contributed by atoms with van der Waals surface area (Å²) in [6.07, 6.45) is 0. The van der Waals surface area contributed by atoms with Gasteiger partial charge in [-0.1, -0.05) is 30.0 Å². The van der Waals surface area contributed by atoms with E-state index in [1.807, 2.05) is 71.6 Å². The number of benzene rings is 2. The van der Waals surface area contributed by atoms with Crippen LogP contribution in [0.2, 0.25) is 0 Å². The van der Waals surface area contributed by atoms with Gasteiger partial charge in [0.1, 0.15) is 12.5 Å². The second-order valence-electron chi connectivity index (χ2n) is 4.54. The quantitative estimate of drug-likeness (QED) is 0.510. The topological polar surface area (TPSA) is 16.1 Å². The number of nitrogens with zero attached hydrogens (tertiary/aromatic N) is 2. The number of pyridine rings is 1. The van der Waals surface area contributed by atoms with Crippen LogP contribution in [0.4, 0.5) is 21.6 Å². The van der Waals surface area contributed by atoms with Crippen molar-refractivity contribution in [2.75, 3.05) is 4.90 Å². The first kappa shape index (κ1) is 16.3. The molecular weight excluding hydrogens is 455 g/mol. The van der Waals surface area contributed by atoms with Crippen LogP contribution < -0.4 is 4.90 Å². The van der Waals surface area contributed by atoms with Crippen molar-refractivity contribution >= 4 is 17.2 Å². The minimum Gasteiger partial charge on any atom is -0.319 e. The Morgan fingerprint density at radius 3 is 2.36 bits per heavy atom. The molecule has 2 nitrogen and oxygen atoms in total. The fraction of sp³-hybridized carbons (Fsp3) is 0.0556. The number of halogens is 1. The van der Waals surface area contributed by atoms with Crippen molar-refractivity contribution in [2.45, 2.75) is 6.67 Å². The fourth-order valence-electron chi connectivity index (χ4n) is 2.16. The molecule has 0 bridgehead atoms. The van der Waals surface area contributed by atoms with Gasteiger partial charge in [0.25, 0.3) is 0 Å². The maximum absolute atomic E-state index is 12.9. The van der Waals surface area contributed by atoms with Crippen molar-refractivity contribution in [3.63, 3.8) is 0 Å². The van der Waals surface area contributed by atoms with Crippen LogP contribution in [0.15, 0.2) is 72.8 Å². The first-order chi connectivity index (χ1) is 10.4. The van der Waals surface area contributed by atoms with E-state index in [2.05, 4.69) is 11.1 Å². The molecule has 3 rings (SSSR count). The van der Waals surface area contributed by atoms with E-state index < -0.39 is 6.67 Å². The van der Waals surface area contributed by atoms with E-state index in [0.29, 0.717) is 11.5 Å². The van der Waals surface area contributed by atoms with Crippen molar-refractivity contribution in [1.29, 1.82) is 0 Å². The number of para-hydroxylation sites is 2. The third-order valence-electron chi connectivity index (χ3n) is 3.11. The average Bonchev–Trinajstić information content (AvgIpc) is 2.57. The van der Waals surface area contributed by atoms with Crippen LogP contribution in [0, 0.1) is 6.07 Å². The smallest absolute Gasteiger partial charge is 0.136 e. The minimum atomic E-state index is -0.574. The molecule has 0 aliphatic rings. The molecule has 1 heterocycles. The van der Waals surface area contributed by atoms with Gasteiger partial charge in [-0.25, -0.2) is 9.37 Å². The Labute approximate surface area is 143 Å². The summed E-state index contributed by atoms with van der Waals surface area (Å²) >= 11 is 0. The molecule has 3 aromatic rings. The molecule has 0 fully saturated rings. The molecule has 4 heteroatoms. The molecule has 0 amide bonds. The molecule has 1 aromatic heterocycles. The molecule has 0 spiro atoms. The first-order valence-electron chi connectivity index (χ1n) is 6.72. The largest absolute Gasteiger partial charge is 0.319 e. The van der Waals surface area contributed by atoms with Crippen LogP contribution in [-0.4, -0.2) is 4.98 Å². The van der Waals surface area contributed by atoms with Gasteiger partial charge >= 0.3 is 0 Å². The monoisotopic (exact) mass is 470 g/mol. The molecule has 0 N–H and O–H groups in total. The van der Waals surface area contributed by atoms with E-state index in [0.717, 1.165) is 11.4 Å². The van der Waals surface area contributed by atoms with Gasteiger partial charge in [-0.3, -0.25) is 0 Å². The number of alkyl halides is 1. The van der Waals surface area contributed by atoms with Gasteiger partial charge in [-0.15, -0.1) is 6.07 Å². The summed E-state index contributed by atoms with van der Waals surface area (Å²) in [7, 11) is 0. The Kier molecular flexibility index (Phi) is 5.82. The standard InChI is InChI=1S/C18H14FN2.Ir/c19-14-15-8-7-13-18(20-15)21(16-9-3-1-4-10-16)17-11-5-2-6-12-17;/h1-11,13H,14H2;/q-1;. The average molecular weight is 470 g/mol. The molecule has 0 unspecified atom stereocenters. The Morgan fingerprint density at radius 2 is 1.68 bits per heavy atom. The Morgan fingerprint density at radius 1 is 0.909 bits per heavy atom. The summed E-state index contributed by atoms with van der Waals surface area (Å²) < 4.78 is 12.9. The number of hydrogen-bond acceptors (Lipinski definition) is 2. The number of hydrogen-bond donors (Lipinski definition) is 0. The van der Waals surface area contributed by atoms with E-state index in [1.165, 1.54) is 0 Å². The summed E-state index contributed by atoms with van der Waals surface area (Å²) in [5.74, 6) is 0.679. The van der Waals surface area contributed by atoms with Crippen molar-refractivity contribution in [2.24, 2.45) is 0 Å². The zero-order valence-electron chi connectivity index (χ0n) is 11.7. The van der Waals surface area contributed by atoms with Gasteiger partial charge in [-0.2, -0.15) is 24.3 Å². The fourth-order valence-corrected chi connectivity index (χ4v) is 2.16. The normalized spacial score (nSPS) is 9.86. The summed E-state index contributed by atoms with van der Waals surface area (Å²) in [5.41, 5.74) is 2.25. The maximum atomic E-state index is 12.9. The number of anilines is 3. The second-order valence-corrected chi connectivity index (χ2v) is 4.54. The van der Waals surface area contributed by atoms with Crippen LogP contribution >= 0.6 is 0 Å². The molecule has 0 saturated carbocycles. The van der Waals surface area contributed by atoms with Gasteiger partial charge in [0.15, 0.2) is 0 Å². The molecule has 1 radical (unpaired) electrons. The van der Waals surface area contributed by atoms with Gasteiger partial charge in [0.2, 0.25) is 0 Å². The Balaban J connectivity index is 0.00000176. The predicted octanol–water partition coefficient (Wildman–Crippen LogP) is 4.82. The van der Waals surface area contributed by atoms with E-state index in [4.69, 9.17) is 0 Å². The van der Waals surface area contributed by atoms with Crippen LogP contribution in [0.3, 0.4) is 0 Å². The molecule has 0 aliphatic heterocycles. The summed E-state index contributed by atoms with van der Waals surface area (Å²) in [6, 6.07) is 26.1. The number of aromatic nitrogens is 1. The SMILES string of the molecule is FCc1cccc(N(c2[c-]cccc2)c2ccccc2)n1.[Ir]. The third kappa shape index (κ3) is 3.59. The van der Waals surface area contributed by atoms with Crippen LogP contribution in [-0.2, 0) is 26.8 Å². The van der Waals surface area contributed by atoms with E-state index in [1.54, 1.807) is 6.07 Å². The molecule has 113 valence electrons. The van der Waals surface area contributed by atoms with Crippen molar-refractivity contribution in [1.82, 2.24) is 4.98 Å². The zero-order valence-corrected chi connectivity index (χ0v) is 14.1. The molecule has 22 heavy (non-hydrogen) atoms. The van der Waals surface area contributed by atoms with Crippen molar-refractivity contribution in [3.05, 3.63) is 84.6 Å². The molecule has 0 saturated heterocycles. The minimum absolute atomic E-state index is 0. The molecule has 0 atom stereocenters. The Bertz CT molecular complexity index is 665. The van der Waals surface area contributed by atoms with Crippen LogP contribution in [0.25, 0.3) is 0 Å². The van der Waals surface area contributed by atoms with Gasteiger partial charge in [0, 0.05) is 25.8 Å². The van der Waals surface area contributed by atoms with Gasteiger partial charge in [-0.05, 0) is 24.3 Å². The van der Waals surface area contributed by atoms with E-state index in [-0.39, 0.29) is 20.1 Å². The van der Waals surface area contributed by atoms with Crippen LogP contribution in [0.1, 0.15) is 5.69 Å². The first-order valence-corrected chi connectivity index (χ1v) is 6.72. The molecule has 2 aromatic carbocycles. The maximum Gasteiger partial charge on any atom is 0.136 e. The predicted molar refractivity (Wildman–Crippen MR) is 82.6 cm³/mol. The number of rotatable bonds is 4. The third-order valence-corrected chi connectivity index (χ3v) is 3.11. The van der Waals surface area contributed by atoms with E-state index >= 15 is 0 Å². The van der Waals surface area contributed by atoms with Crippen molar-refractivity contribution < 1.29 is 24.5 Å².